The zero-order valence-electron chi connectivity index (χ0n) is 17.6. The number of ketones is 1. The van der Waals surface area contributed by atoms with Gasteiger partial charge in [0.05, 0.1) is 18.7 Å². The standard InChI is InChI=1S/C25H21FN2O4/c1-15-12-17(32-2)9-10-18(15)23(29)21-22(19-7-3-4-8-20(19)26)28(25(31)24(21)30)14-16-6-5-11-27-13-16/h3-13,22,29H,14H2,1-2H3/b23-21+. The predicted octanol–water partition coefficient (Wildman–Crippen LogP) is 4.16. The molecule has 1 saturated heterocycles. The molecule has 0 radical (unpaired) electrons. The van der Waals surface area contributed by atoms with Gasteiger partial charge < -0.3 is 14.7 Å². The Labute approximate surface area is 184 Å². The van der Waals surface area contributed by atoms with Crippen LogP contribution in [0.1, 0.15) is 28.3 Å². The summed E-state index contributed by atoms with van der Waals surface area (Å²) in [5, 5.41) is 11.2. The number of carbonyl (C=O) groups is 2. The molecular formula is C25H21FN2O4. The quantitative estimate of drug-likeness (QED) is 0.372. The van der Waals surface area contributed by atoms with Crippen LogP contribution in [0.2, 0.25) is 0 Å². The summed E-state index contributed by atoms with van der Waals surface area (Å²) in [6.45, 7) is 1.79. The molecule has 162 valence electrons. The molecule has 1 atom stereocenters. The molecule has 0 spiro atoms. The topological polar surface area (TPSA) is 79.7 Å². The van der Waals surface area contributed by atoms with Crippen molar-refractivity contribution in [3.8, 4) is 5.75 Å². The maximum Gasteiger partial charge on any atom is 0.295 e. The Kier molecular flexibility index (Phi) is 5.73. The molecule has 1 unspecified atom stereocenters. The van der Waals surface area contributed by atoms with Crippen LogP contribution in [0.3, 0.4) is 0 Å². The first-order valence-corrected chi connectivity index (χ1v) is 9.99. The molecule has 1 aliphatic rings. The number of amides is 1. The van der Waals surface area contributed by atoms with Gasteiger partial charge in [0.15, 0.2) is 0 Å². The number of methoxy groups -OCH3 is 1. The fourth-order valence-electron chi connectivity index (χ4n) is 3.93. The molecule has 1 aliphatic heterocycles. The Hall–Kier alpha value is -4.00. The first-order valence-electron chi connectivity index (χ1n) is 9.99. The van der Waals surface area contributed by atoms with Crippen LogP contribution in [0, 0.1) is 12.7 Å². The minimum absolute atomic E-state index is 0.0375. The van der Waals surface area contributed by atoms with Gasteiger partial charge in [-0.1, -0.05) is 24.3 Å². The number of likely N-dealkylation sites (tertiary alicyclic amines) is 1. The van der Waals surface area contributed by atoms with E-state index in [1.54, 1.807) is 55.7 Å². The molecule has 0 saturated carbocycles. The Morgan fingerprint density at radius 2 is 1.94 bits per heavy atom. The first kappa shape index (κ1) is 21.2. The molecule has 1 aromatic heterocycles. The monoisotopic (exact) mass is 432 g/mol. The van der Waals surface area contributed by atoms with Gasteiger partial charge in [0, 0.05) is 30.1 Å². The number of Topliss-reactive ketones (excluding diaryl/α,β-unsaturated/α-hetero) is 1. The highest BCUT2D eigenvalue weighted by Gasteiger charge is 2.47. The van der Waals surface area contributed by atoms with Crippen molar-refractivity contribution in [1.82, 2.24) is 9.88 Å². The lowest BCUT2D eigenvalue weighted by atomic mass is 9.93. The number of hydrogen-bond acceptors (Lipinski definition) is 5. The second kappa shape index (κ2) is 8.63. The number of aryl methyl sites for hydroxylation is 1. The molecular weight excluding hydrogens is 411 g/mol. The molecule has 2 heterocycles. The van der Waals surface area contributed by atoms with E-state index in [1.165, 1.54) is 30.2 Å². The first-order chi connectivity index (χ1) is 15.4. The molecule has 6 nitrogen and oxygen atoms in total. The largest absolute Gasteiger partial charge is 0.507 e. The lowest BCUT2D eigenvalue weighted by Crippen LogP contribution is -2.29. The number of ether oxygens (including phenoxy) is 1. The lowest BCUT2D eigenvalue weighted by Gasteiger charge is -2.25. The summed E-state index contributed by atoms with van der Waals surface area (Å²) in [5.41, 5.74) is 1.66. The average Bonchev–Trinajstić information content (AvgIpc) is 3.04. The van der Waals surface area contributed by atoms with E-state index in [2.05, 4.69) is 4.98 Å². The molecule has 0 aliphatic carbocycles. The van der Waals surface area contributed by atoms with Crippen molar-refractivity contribution in [2.24, 2.45) is 0 Å². The highest BCUT2D eigenvalue weighted by atomic mass is 19.1. The van der Waals surface area contributed by atoms with Gasteiger partial charge >= 0.3 is 0 Å². The minimum Gasteiger partial charge on any atom is -0.507 e. The van der Waals surface area contributed by atoms with Crippen molar-refractivity contribution in [3.05, 3.63) is 101 Å². The van der Waals surface area contributed by atoms with E-state index in [0.29, 0.717) is 22.4 Å². The van der Waals surface area contributed by atoms with Crippen molar-refractivity contribution in [2.45, 2.75) is 19.5 Å². The zero-order valence-corrected chi connectivity index (χ0v) is 17.6. The molecule has 4 rings (SSSR count). The molecule has 7 heteroatoms. The van der Waals surface area contributed by atoms with Crippen LogP contribution in [0.15, 0.2) is 72.6 Å². The van der Waals surface area contributed by atoms with Crippen molar-refractivity contribution in [1.29, 1.82) is 0 Å². The van der Waals surface area contributed by atoms with Gasteiger partial charge in [-0.2, -0.15) is 0 Å². The number of carbonyl (C=O) groups excluding carboxylic acids is 2. The SMILES string of the molecule is COc1ccc(/C(O)=C2\C(=O)C(=O)N(Cc3cccnc3)C2c2ccccc2F)c(C)c1. The third kappa shape index (κ3) is 3.73. The normalized spacial score (nSPS) is 17.6. The van der Waals surface area contributed by atoms with Crippen molar-refractivity contribution < 1.29 is 23.8 Å². The summed E-state index contributed by atoms with van der Waals surface area (Å²) in [7, 11) is 1.52. The molecule has 1 N–H and O–H groups in total. The van der Waals surface area contributed by atoms with Gasteiger partial charge in [-0.05, 0) is 48.4 Å². The van der Waals surface area contributed by atoms with E-state index in [-0.39, 0.29) is 23.4 Å². The van der Waals surface area contributed by atoms with Gasteiger partial charge in [0.2, 0.25) is 0 Å². The van der Waals surface area contributed by atoms with Gasteiger partial charge in [-0.3, -0.25) is 14.6 Å². The minimum atomic E-state index is -1.09. The summed E-state index contributed by atoms with van der Waals surface area (Å²) in [6, 6.07) is 13.3. The number of hydrogen-bond donors (Lipinski definition) is 1. The number of aliphatic hydroxyl groups excluding tert-OH is 1. The van der Waals surface area contributed by atoms with Gasteiger partial charge in [-0.25, -0.2) is 4.39 Å². The third-order valence-electron chi connectivity index (χ3n) is 5.50. The summed E-state index contributed by atoms with van der Waals surface area (Å²) < 4.78 is 20.0. The molecule has 0 bridgehead atoms. The fraction of sp³-hybridized carbons (Fsp3) is 0.160. The summed E-state index contributed by atoms with van der Waals surface area (Å²) >= 11 is 0. The summed E-state index contributed by atoms with van der Waals surface area (Å²) in [6.07, 6.45) is 3.17. The van der Waals surface area contributed by atoms with E-state index in [4.69, 9.17) is 4.74 Å². The summed E-state index contributed by atoms with van der Waals surface area (Å²) in [4.78, 5) is 31.4. The number of halogens is 1. The van der Waals surface area contributed by atoms with Crippen molar-refractivity contribution in [3.63, 3.8) is 0 Å². The van der Waals surface area contributed by atoms with E-state index >= 15 is 0 Å². The van der Waals surface area contributed by atoms with E-state index < -0.39 is 23.5 Å². The van der Waals surface area contributed by atoms with E-state index in [9.17, 15) is 19.1 Å². The Morgan fingerprint density at radius 3 is 2.59 bits per heavy atom. The number of pyridine rings is 1. The van der Waals surface area contributed by atoms with Crippen LogP contribution in [0.25, 0.3) is 5.76 Å². The number of nitrogens with zero attached hydrogens (tertiary/aromatic N) is 2. The van der Waals surface area contributed by atoms with Crippen LogP contribution in [0.4, 0.5) is 4.39 Å². The van der Waals surface area contributed by atoms with Gasteiger partial charge in [0.1, 0.15) is 17.3 Å². The number of rotatable bonds is 5. The number of benzene rings is 2. The molecule has 1 amide bonds. The van der Waals surface area contributed by atoms with Crippen molar-refractivity contribution >= 4 is 17.4 Å². The maximum absolute atomic E-state index is 14.8. The molecule has 3 aromatic rings. The average molecular weight is 432 g/mol. The highest BCUT2D eigenvalue weighted by Crippen LogP contribution is 2.41. The highest BCUT2D eigenvalue weighted by molar-refractivity contribution is 6.46. The van der Waals surface area contributed by atoms with Crippen LogP contribution in [-0.4, -0.2) is 33.8 Å². The Balaban J connectivity index is 1.90. The van der Waals surface area contributed by atoms with E-state index in [0.717, 1.165) is 0 Å². The fourth-order valence-corrected chi connectivity index (χ4v) is 3.93. The van der Waals surface area contributed by atoms with Crippen LogP contribution in [-0.2, 0) is 16.1 Å². The Bertz CT molecular complexity index is 1220. The predicted molar refractivity (Wildman–Crippen MR) is 116 cm³/mol. The van der Waals surface area contributed by atoms with Gasteiger partial charge in [0.25, 0.3) is 11.7 Å². The number of aromatic nitrogens is 1. The molecule has 2 aromatic carbocycles. The van der Waals surface area contributed by atoms with E-state index in [1.807, 2.05) is 0 Å². The van der Waals surface area contributed by atoms with Crippen LogP contribution >= 0.6 is 0 Å². The van der Waals surface area contributed by atoms with Crippen LogP contribution < -0.4 is 4.74 Å². The third-order valence-corrected chi connectivity index (χ3v) is 5.50. The maximum atomic E-state index is 14.8. The molecule has 1 fully saturated rings. The summed E-state index contributed by atoms with van der Waals surface area (Å²) in [5.74, 6) is -2.02. The van der Waals surface area contributed by atoms with Crippen molar-refractivity contribution in [2.75, 3.05) is 7.11 Å². The Morgan fingerprint density at radius 1 is 1.16 bits per heavy atom. The second-order valence-corrected chi connectivity index (χ2v) is 7.49. The smallest absolute Gasteiger partial charge is 0.295 e. The van der Waals surface area contributed by atoms with Crippen LogP contribution in [0.5, 0.6) is 5.75 Å². The molecule has 32 heavy (non-hydrogen) atoms. The second-order valence-electron chi connectivity index (χ2n) is 7.49. The number of aliphatic hydroxyl groups is 1. The van der Waals surface area contributed by atoms with Gasteiger partial charge in [-0.15, -0.1) is 0 Å². The lowest BCUT2D eigenvalue weighted by molar-refractivity contribution is -0.140. The zero-order chi connectivity index (χ0) is 22.8.